The molecule has 8 rings (SSSR count). The number of carbonyl (C=O) groups excluding carboxylic acids is 6. The first-order valence-electron chi connectivity index (χ1n) is 19.1. The summed E-state index contributed by atoms with van der Waals surface area (Å²) in [5.41, 5.74) is 4.84. The number of aromatic nitrogens is 2. The van der Waals surface area contributed by atoms with Crippen LogP contribution in [0.4, 0.5) is 17.1 Å². The minimum absolute atomic E-state index is 0.0741. The molecule has 0 aliphatic carbocycles. The van der Waals surface area contributed by atoms with Gasteiger partial charge in [0.2, 0.25) is 17.7 Å². The van der Waals surface area contributed by atoms with E-state index >= 15 is 0 Å². The maximum absolute atomic E-state index is 13.3. The molecule has 1 aromatic heterocycles. The van der Waals surface area contributed by atoms with Crippen LogP contribution in [0.2, 0.25) is 0 Å². The number of imide groups is 2. The highest BCUT2D eigenvalue weighted by Crippen LogP contribution is 2.33. The van der Waals surface area contributed by atoms with Crippen molar-refractivity contribution >= 4 is 63.5 Å². The van der Waals surface area contributed by atoms with Crippen LogP contribution in [0.3, 0.4) is 0 Å². The number of amides is 6. The van der Waals surface area contributed by atoms with Gasteiger partial charge >= 0.3 is 0 Å². The van der Waals surface area contributed by atoms with E-state index < -0.39 is 29.7 Å². The number of nitrogens with zero attached hydrogens (tertiary/aromatic N) is 4. The van der Waals surface area contributed by atoms with Gasteiger partial charge in [-0.15, -0.1) is 0 Å². The molecule has 4 aliphatic rings. The minimum atomic E-state index is -0.995. The summed E-state index contributed by atoms with van der Waals surface area (Å²) in [5, 5.41) is 8.12. The fourth-order valence-corrected chi connectivity index (χ4v) is 8.23. The Morgan fingerprint density at radius 3 is 2.35 bits per heavy atom. The average Bonchev–Trinajstić information content (AvgIpc) is 3.85. The molecule has 3 fully saturated rings. The SMILES string of the molecule is C[C@H]1CCCN1Cc1nc2cc(NC(=O)c3ccc(NC(=O)CCC4CCN(c5ccc6c(c5)C(=O)N(C5CCC(=O)NC5=O)C6=O)CC4)cc3)ccc2[nH]1. The first-order valence-corrected chi connectivity index (χ1v) is 19.1. The number of hydrogen-bond acceptors (Lipinski definition) is 9. The number of piperidine rings is 2. The number of benzene rings is 3. The van der Waals surface area contributed by atoms with Crippen molar-refractivity contribution in [3.63, 3.8) is 0 Å². The number of carbonyl (C=O) groups is 6. The van der Waals surface area contributed by atoms with Crippen molar-refractivity contribution in [3.05, 3.63) is 83.2 Å². The van der Waals surface area contributed by atoms with E-state index in [0.29, 0.717) is 35.3 Å². The molecule has 4 N–H and O–H groups in total. The van der Waals surface area contributed by atoms with E-state index in [2.05, 4.69) is 37.7 Å². The van der Waals surface area contributed by atoms with Crippen LogP contribution in [0.15, 0.2) is 60.7 Å². The molecule has 6 amide bonds. The smallest absolute Gasteiger partial charge is 0.262 e. The van der Waals surface area contributed by atoms with Crippen LogP contribution >= 0.6 is 0 Å². The predicted molar refractivity (Wildman–Crippen MR) is 206 cm³/mol. The van der Waals surface area contributed by atoms with Crippen molar-refractivity contribution in [1.29, 1.82) is 0 Å². The van der Waals surface area contributed by atoms with E-state index in [1.807, 2.05) is 24.3 Å². The monoisotopic (exact) mass is 744 g/mol. The minimum Gasteiger partial charge on any atom is -0.371 e. The fraction of sp³-hybridized carbons (Fsp3) is 0.390. The van der Waals surface area contributed by atoms with Crippen molar-refractivity contribution in [2.24, 2.45) is 5.92 Å². The highest BCUT2D eigenvalue weighted by atomic mass is 16.2. The van der Waals surface area contributed by atoms with Gasteiger partial charge in [0, 0.05) is 54.6 Å². The topological polar surface area (TPSA) is 177 Å². The zero-order valence-corrected chi connectivity index (χ0v) is 30.7. The first kappa shape index (κ1) is 36.1. The number of nitrogens with one attached hydrogen (secondary N) is 4. The Morgan fingerprint density at radius 1 is 0.836 bits per heavy atom. The van der Waals surface area contributed by atoms with Crippen molar-refractivity contribution in [1.82, 2.24) is 25.1 Å². The van der Waals surface area contributed by atoms with Crippen LogP contribution in [-0.4, -0.2) is 86.9 Å². The molecule has 55 heavy (non-hydrogen) atoms. The number of rotatable bonds is 10. The van der Waals surface area contributed by atoms with Crippen molar-refractivity contribution in [3.8, 4) is 0 Å². The van der Waals surface area contributed by atoms with Gasteiger partial charge in [-0.2, -0.15) is 0 Å². The molecule has 284 valence electrons. The van der Waals surface area contributed by atoms with Gasteiger partial charge in [-0.05, 0) is 119 Å². The van der Waals surface area contributed by atoms with E-state index in [-0.39, 0.29) is 35.8 Å². The van der Waals surface area contributed by atoms with Gasteiger partial charge in [-0.3, -0.25) is 43.9 Å². The Balaban J connectivity index is 0.785. The molecule has 0 spiro atoms. The van der Waals surface area contributed by atoms with Crippen molar-refractivity contribution in [2.75, 3.05) is 35.2 Å². The second-order valence-corrected chi connectivity index (χ2v) is 15.1. The number of fused-ring (bicyclic) bond motifs is 2. The maximum Gasteiger partial charge on any atom is 0.262 e. The second kappa shape index (κ2) is 15.1. The summed E-state index contributed by atoms with van der Waals surface area (Å²) >= 11 is 0. The molecule has 0 saturated carbocycles. The zero-order chi connectivity index (χ0) is 38.2. The predicted octanol–water partition coefficient (Wildman–Crippen LogP) is 4.84. The Hall–Kier alpha value is -5.89. The van der Waals surface area contributed by atoms with E-state index in [4.69, 9.17) is 4.98 Å². The molecule has 2 atom stereocenters. The lowest BCUT2D eigenvalue weighted by Gasteiger charge is -2.33. The second-order valence-electron chi connectivity index (χ2n) is 15.1. The van der Waals surface area contributed by atoms with Gasteiger partial charge in [0.05, 0.1) is 28.7 Å². The highest BCUT2D eigenvalue weighted by molar-refractivity contribution is 6.23. The molecule has 0 bridgehead atoms. The van der Waals surface area contributed by atoms with Gasteiger partial charge in [-0.1, -0.05) is 0 Å². The van der Waals surface area contributed by atoms with E-state index in [0.717, 1.165) is 72.9 Å². The third-order valence-electron chi connectivity index (χ3n) is 11.4. The molecule has 4 aliphatic heterocycles. The lowest BCUT2D eigenvalue weighted by atomic mass is 9.91. The van der Waals surface area contributed by atoms with Crippen LogP contribution in [0.5, 0.6) is 0 Å². The standard InChI is InChI=1S/C41H44N8O6/c1-24-3-2-18-48(24)23-35-44-32-12-9-28(21-33(32)45-35)43-38(52)26-5-7-27(8-6-26)42-36(50)14-4-25-16-19-47(20-17-25)29-10-11-30-31(22-29)41(55)49(40(30)54)34-13-15-37(51)46-39(34)53/h5-12,21-22,24-25,34H,2-4,13-20,23H2,1H3,(H,42,50)(H,43,52)(H,44,45)(H,46,51,53)/t24-,34?/m0/s1. The van der Waals surface area contributed by atoms with Crippen molar-refractivity contribution in [2.45, 2.75) is 76.9 Å². The van der Waals surface area contributed by atoms with Crippen LogP contribution in [0, 0.1) is 5.92 Å². The Kier molecular flexibility index (Phi) is 9.91. The Morgan fingerprint density at radius 2 is 1.60 bits per heavy atom. The molecular weight excluding hydrogens is 701 g/mol. The quantitative estimate of drug-likeness (QED) is 0.166. The molecular formula is C41H44N8O6. The fourth-order valence-electron chi connectivity index (χ4n) is 8.23. The summed E-state index contributed by atoms with van der Waals surface area (Å²) in [6.45, 7) is 5.59. The molecule has 3 saturated heterocycles. The molecule has 3 aromatic carbocycles. The molecule has 0 radical (unpaired) electrons. The van der Waals surface area contributed by atoms with E-state index in [1.165, 1.54) is 12.8 Å². The van der Waals surface area contributed by atoms with Gasteiger partial charge in [-0.25, -0.2) is 4.98 Å². The largest absolute Gasteiger partial charge is 0.371 e. The molecule has 14 nitrogen and oxygen atoms in total. The zero-order valence-electron chi connectivity index (χ0n) is 30.7. The number of imidazole rings is 1. The number of anilines is 3. The number of aromatic amines is 1. The average molecular weight is 745 g/mol. The summed E-state index contributed by atoms with van der Waals surface area (Å²) in [6, 6.07) is 17.2. The van der Waals surface area contributed by atoms with E-state index in [1.54, 1.807) is 36.4 Å². The summed E-state index contributed by atoms with van der Waals surface area (Å²) in [7, 11) is 0. The number of likely N-dealkylation sites (tertiary alicyclic amines) is 1. The lowest BCUT2D eigenvalue weighted by Crippen LogP contribution is -2.54. The summed E-state index contributed by atoms with van der Waals surface area (Å²) < 4.78 is 0. The first-order chi connectivity index (χ1) is 26.6. The highest BCUT2D eigenvalue weighted by Gasteiger charge is 2.44. The summed E-state index contributed by atoms with van der Waals surface area (Å²) in [5.74, 6) is -1.14. The van der Waals surface area contributed by atoms with E-state index in [9.17, 15) is 28.8 Å². The van der Waals surface area contributed by atoms with Crippen LogP contribution < -0.4 is 20.9 Å². The Labute approximate surface area is 318 Å². The third kappa shape index (κ3) is 7.59. The molecule has 4 aromatic rings. The van der Waals surface area contributed by atoms with Crippen LogP contribution in [0.25, 0.3) is 11.0 Å². The van der Waals surface area contributed by atoms with Gasteiger partial charge in [0.1, 0.15) is 11.9 Å². The van der Waals surface area contributed by atoms with Gasteiger partial charge in [0.15, 0.2) is 0 Å². The number of hydrogen-bond donors (Lipinski definition) is 4. The summed E-state index contributed by atoms with van der Waals surface area (Å²) in [6.07, 6.45) is 5.45. The van der Waals surface area contributed by atoms with Crippen LogP contribution in [0.1, 0.15) is 95.2 Å². The third-order valence-corrected chi connectivity index (χ3v) is 11.4. The normalized spacial score (nSPS) is 20.6. The number of H-pyrrole nitrogens is 1. The van der Waals surface area contributed by atoms with Crippen LogP contribution in [-0.2, 0) is 20.9 Å². The van der Waals surface area contributed by atoms with Gasteiger partial charge in [0.25, 0.3) is 17.7 Å². The molecule has 5 heterocycles. The van der Waals surface area contributed by atoms with Crippen molar-refractivity contribution < 1.29 is 28.8 Å². The lowest BCUT2D eigenvalue weighted by molar-refractivity contribution is -0.136. The van der Waals surface area contributed by atoms with Gasteiger partial charge < -0.3 is 20.5 Å². The molecule has 1 unspecified atom stereocenters. The summed E-state index contributed by atoms with van der Waals surface area (Å²) in [4.78, 5) is 89.9. The Bertz CT molecular complexity index is 2190. The maximum atomic E-state index is 13.3. The molecule has 14 heteroatoms.